The average Bonchev–Trinajstić information content (AvgIpc) is 3.33. The highest BCUT2D eigenvalue weighted by Gasteiger charge is 2.36. The normalized spacial score (nSPS) is 15.7. The Morgan fingerprint density at radius 1 is 1.03 bits per heavy atom. The number of aromatic nitrogens is 1. The predicted molar refractivity (Wildman–Crippen MR) is 131 cm³/mol. The van der Waals surface area contributed by atoms with E-state index in [1.807, 2.05) is 0 Å². The van der Waals surface area contributed by atoms with E-state index >= 15 is 4.39 Å². The molecule has 3 heterocycles. The summed E-state index contributed by atoms with van der Waals surface area (Å²) in [6.07, 6.45) is 0.228. The fraction of sp³-hybridized carbons (Fsp3) is 0.231. The molecule has 1 aliphatic rings. The van der Waals surface area contributed by atoms with Gasteiger partial charge < -0.3 is 15.1 Å². The smallest absolute Gasteiger partial charge is 0.255 e. The number of pyridine rings is 1. The zero-order chi connectivity index (χ0) is 27.2. The molecule has 0 spiro atoms. The van der Waals surface area contributed by atoms with Gasteiger partial charge in [-0.3, -0.25) is 9.78 Å². The van der Waals surface area contributed by atoms with Gasteiger partial charge in [-0.1, -0.05) is 12.1 Å². The van der Waals surface area contributed by atoms with Crippen LogP contribution in [-0.2, 0) is 9.84 Å². The van der Waals surface area contributed by atoms with Gasteiger partial charge in [0.2, 0.25) is 14.9 Å². The Balaban J connectivity index is 1.57. The highest BCUT2D eigenvalue weighted by atomic mass is 32.2. The second-order valence-electron chi connectivity index (χ2n) is 9.00. The van der Waals surface area contributed by atoms with Crippen molar-refractivity contribution in [1.29, 1.82) is 0 Å². The predicted octanol–water partition coefficient (Wildman–Crippen LogP) is 5.00. The lowest BCUT2D eigenvalue weighted by Gasteiger charge is -2.31. The number of alkyl halides is 2. The molecule has 1 amide bonds. The first kappa shape index (κ1) is 25.9. The number of hydrogen-bond acceptors (Lipinski definition) is 6. The van der Waals surface area contributed by atoms with Gasteiger partial charge in [-0.15, -0.1) is 0 Å². The average molecular weight is 548 g/mol. The van der Waals surface area contributed by atoms with Crippen molar-refractivity contribution in [2.24, 2.45) is 5.73 Å². The van der Waals surface area contributed by atoms with Gasteiger partial charge in [-0.05, 0) is 35.9 Å². The molecule has 1 fully saturated rings. The van der Waals surface area contributed by atoms with Crippen molar-refractivity contribution in [3.05, 3.63) is 71.9 Å². The molecule has 0 bridgehead atoms. The molecule has 0 saturated carbocycles. The molecule has 4 aromatic rings. The van der Waals surface area contributed by atoms with Gasteiger partial charge in [0.25, 0.3) is 11.8 Å². The summed E-state index contributed by atoms with van der Waals surface area (Å²) in [5, 5.41) is -0.0681. The van der Waals surface area contributed by atoms with Gasteiger partial charge in [0, 0.05) is 54.7 Å². The summed E-state index contributed by atoms with van der Waals surface area (Å²) < 4.78 is 86.0. The van der Waals surface area contributed by atoms with E-state index in [0.29, 0.717) is 16.5 Å². The molecule has 7 nitrogen and oxygen atoms in total. The summed E-state index contributed by atoms with van der Waals surface area (Å²) in [6.45, 7) is -0.303. The van der Waals surface area contributed by atoms with Gasteiger partial charge in [0.1, 0.15) is 28.8 Å². The summed E-state index contributed by atoms with van der Waals surface area (Å²) in [6, 6.07) is 10.6. The first-order valence-corrected chi connectivity index (χ1v) is 13.2. The van der Waals surface area contributed by atoms with Crippen LogP contribution in [0.15, 0.2) is 64.2 Å². The third-order valence-electron chi connectivity index (χ3n) is 6.42. The van der Waals surface area contributed by atoms with E-state index < -0.39 is 52.0 Å². The number of fused-ring (bicyclic) bond motifs is 1. The molecule has 38 heavy (non-hydrogen) atoms. The van der Waals surface area contributed by atoms with E-state index in [1.54, 1.807) is 0 Å². The number of carbonyl (C=O) groups excluding carboxylic acids is 1. The van der Waals surface area contributed by atoms with Crippen LogP contribution in [0, 0.1) is 11.6 Å². The molecule has 1 aliphatic heterocycles. The molecular formula is C26H21F4N3O4S. The monoisotopic (exact) mass is 547 g/mol. The van der Waals surface area contributed by atoms with E-state index in [-0.39, 0.29) is 40.6 Å². The lowest BCUT2D eigenvalue weighted by molar-refractivity contribution is -0.0494. The maximum absolute atomic E-state index is 15.3. The number of furan rings is 1. The van der Waals surface area contributed by atoms with Crippen molar-refractivity contribution in [3.63, 3.8) is 0 Å². The van der Waals surface area contributed by atoms with Crippen molar-refractivity contribution in [3.8, 4) is 22.4 Å². The summed E-state index contributed by atoms with van der Waals surface area (Å²) in [4.78, 5) is 18.1. The Bertz CT molecular complexity index is 1640. The number of amides is 1. The van der Waals surface area contributed by atoms with E-state index in [0.717, 1.165) is 12.3 Å². The van der Waals surface area contributed by atoms with Crippen molar-refractivity contribution < 1.29 is 35.2 Å². The topological polar surface area (TPSA) is 106 Å². The number of piperidine rings is 1. The Morgan fingerprint density at radius 3 is 2.34 bits per heavy atom. The number of hydrogen-bond donors (Lipinski definition) is 1. The zero-order valence-corrected chi connectivity index (χ0v) is 20.6. The van der Waals surface area contributed by atoms with Crippen LogP contribution < -0.4 is 5.73 Å². The third kappa shape index (κ3) is 4.88. The third-order valence-corrected chi connectivity index (χ3v) is 7.67. The van der Waals surface area contributed by atoms with E-state index in [1.165, 1.54) is 47.4 Å². The molecule has 0 radical (unpaired) electrons. The summed E-state index contributed by atoms with van der Waals surface area (Å²) in [5.41, 5.74) is 6.36. The second-order valence-corrected chi connectivity index (χ2v) is 11.0. The van der Waals surface area contributed by atoms with Crippen LogP contribution in [0.1, 0.15) is 23.2 Å². The molecule has 2 aromatic heterocycles. The van der Waals surface area contributed by atoms with E-state index in [4.69, 9.17) is 10.2 Å². The van der Waals surface area contributed by atoms with Crippen LogP contribution in [0.4, 0.5) is 17.6 Å². The minimum absolute atomic E-state index is 0.0871. The SMILES string of the molecule is NCS(=O)(=O)c1cc2cc(-c3ncc(C(=O)N4CCC(F)(F)CC4)cc3F)cc(-c3ccc(F)cc3)c2o1. The number of likely N-dealkylation sites (tertiary alicyclic amines) is 1. The molecular weight excluding hydrogens is 526 g/mol. The minimum Gasteiger partial charge on any atom is -0.444 e. The second kappa shape index (κ2) is 9.52. The van der Waals surface area contributed by atoms with Crippen LogP contribution in [0.25, 0.3) is 33.4 Å². The number of sulfone groups is 1. The summed E-state index contributed by atoms with van der Waals surface area (Å²) in [7, 11) is -3.91. The standard InChI is InChI=1S/C26H21F4N3O4S/c27-19-3-1-15(2-4-19)20-10-16(9-17-12-22(37-24(17)20)38(35,36)14-31)23-21(28)11-18(13-32-23)25(34)33-7-5-26(29,30)6-8-33/h1-4,9-13H,5-8,14,31H2. The van der Waals surface area contributed by atoms with Crippen LogP contribution >= 0.6 is 0 Å². The lowest BCUT2D eigenvalue weighted by Crippen LogP contribution is -2.42. The first-order chi connectivity index (χ1) is 18.0. The molecule has 0 unspecified atom stereocenters. The molecule has 2 N–H and O–H groups in total. The maximum Gasteiger partial charge on any atom is 0.255 e. The van der Waals surface area contributed by atoms with Gasteiger partial charge in [-0.2, -0.15) is 0 Å². The molecule has 0 atom stereocenters. The largest absolute Gasteiger partial charge is 0.444 e. The zero-order valence-electron chi connectivity index (χ0n) is 19.8. The number of rotatable bonds is 5. The maximum atomic E-state index is 15.3. The number of nitrogens with zero attached hydrogens (tertiary/aromatic N) is 2. The van der Waals surface area contributed by atoms with Crippen molar-refractivity contribution >= 4 is 26.7 Å². The fourth-order valence-corrected chi connectivity index (χ4v) is 5.01. The van der Waals surface area contributed by atoms with E-state index in [9.17, 15) is 26.4 Å². The van der Waals surface area contributed by atoms with Crippen LogP contribution in [0.5, 0.6) is 0 Å². The molecule has 0 aliphatic carbocycles. The van der Waals surface area contributed by atoms with Gasteiger partial charge >= 0.3 is 0 Å². The van der Waals surface area contributed by atoms with Crippen molar-refractivity contribution in [2.75, 3.05) is 19.0 Å². The number of halogens is 4. The molecule has 5 rings (SSSR count). The highest BCUT2D eigenvalue weighted by molar-refractivity contribution is 7.91. The van der Waals surface area contributed by atoms with Gasteiger partial charge in [-0.25, -0.2) is 26.0 Å². The van der Waals surface area contributed by atoms with Crippen molar-refractivity contribution in [1.82, 2.24) is 9.88 Å². The Kier molecular flexibility index (Phi) is 6.48. The highest BCUT2D eigenvalue weighted by Crippen LogP contribution is 2.37. The summed E-state index contributed by atoms with van der Waals surface area (Å²) >= 11 is 0. The quantitative estimate of drug-likeness (QED) is 0.353. The Morgan fingerprint density at radius 2 is 1.71 bits per heavy atom. The molecule has 2 aromatic carbocycles. The van der Waals surface area contributed by atoms with Gasteiger partial charge in [0.05, 0.1) is 5.56 Å². The van der Waals surface area contributed by atoms with Gasteiger partial charge in [0.15, 0.2) is 0 Å². The van der Waals surface area contributed by atoms with Crippen LogP contribution in [0.3, 0.4) is 0 Å². The summed E-state index contributed by atoms with van der Waals surface area (Å²) in [5.74, 6) is -5.46. The Labute approximate surface area is 214 Å². The van der Waals surface area contributed by atoms with Crippen molar-refractivity contribution in [2.45, 2.75) is 23.9 Å². The van der Waals surface area contributed by atoms with E-state index in [2.05, 4.69) is 4.98 Å². The fourth-order valence-electron chi connectivity index (χ4n) is 4.33. The number of nitrogens with two attached hydrogens (primary N) is 1. The first-order valence-electron chi connectivity index (χ1n) is 11.6. The Hall–Kier alpha value is -3.77. The molecule has 1 saturated heterocycles. The molecule has 12 heteroatoms. The van der Waals surface area contributed by atoms with Crippen LogP contribution in [0.2, 0.25) is 0 Å². The van der Waals surface area contributed by atoms with Crippen LogP contribution in [-0.4, -0.2) is 49.1 Å². The molecule has 198 valence electrons. The number of benzene rings is 2. The lowest BCUT2D eigenvalue weighted by atomic mass is 9.98. The number of carbonyl (C=O) groups is 1. The minimum atomic E-state index is -3.91.